The number of ketones is 2. The summed E-state index contributed by atoms with van der Waals surface area (Å²) in [6.07, 6.45) is 26.2. The van der Waals surface area contributed by atoms with Crippen molar-refractivity contribution in [3.05, 3.63) is 0 Å². The van der Waals surface area contributed by atoms with Crippen LogP contribution in [0, 0.1) is 0 Å². The third-order valence-electron chi connectivity index (χ3n) is 9.86. The van der Waals surface area contributed by atoms with E-state index in [0.717, 1.165) is 44.9 Å². The molecule has 0 aromatic heterocycles. The lowest BCUT2D eigenvalue weighted by atomic mass is 9.81. The van der Waals surface area contributed by atoms with Gasteiger partial charge >= 0.3 is 7.82 Å². The largest absolute Gasteiger partial charge is 0.470 e. The molecule has 0 aliphatic carbocycles. The molecule has 3 atom stereocenters. The molecule has 3 unspecified atom stereocenters. The number of likely N-dealkylation sites (N-methyl/N-ethyl adjacent to an activating group) is 1. The van der Waals surface area contributed by atoms with Gasteiger partial charge in [-0.15, -0.1) is 0 Å². The smallest absolute Gasteiger partial charge is 0.387 e. The fourth-order valence-electron chi connectivity index (χ4n) is 6.83. The number of phosphoric acid groups is 1. The number of Topliss-reactive ketones (excluding diaryl/α,β-unsaturated/α-hetero) is 2. The molecule has 0 saturated heterocycles. The van der Waals surface area contributed by atoms with Crippen LogP contribution in [0.5, 0.6) is 0 Å². The van der Waals surface area contributed by atoms with E-state index in [-0.39, 0.29) is 29.7 Å². The Hall–Kier alpha value is -0.670. The van der Waals surface area contributed by atoms with E-state index in [9.17, 15) is 34.2 Å². The number of aliphatic hydroxyl groups excluding tert-OH is 1. The number of aliphatic hydroxyl groups is 2. The second-order valence-electron chi connectivity index (χ2n) is 16.1. The highest BCUT2D eigenvalue weighted by Crippen LogP contribution is 2.40. The molecule has 0 amide bonds. The van der Waals surface area contributed by atoms with Gasteiger partial charge in [0.25, 0.3) is 0 Å². The van der Waals surface area contributed by atoms with E-state index in [1.165, 1.54) is 109 Å². The summed E-state index contributed by atoms with van der Waals surface area (Å²) >= 11 is 0. The predicted molar refractivity (Wildman–Crippen MR) is 206 cm³/mol. The standard InChI is InChI=1S/C40H80NO8P/c1-6-8-10-12-14-16-18-20-22-24-26-28-30-32-36(42)34-40(45,39(44)37(35-41(3,4)5)49-50(46,47)48)38(43)33-31-29-27-25-23-21-19-17-15-13-11-9-7-2/h37,39,44-45H,6-35H2,1-5H3,(H-,46,47,48)/p+1. The number of quaternary nitrogens is 1. The molecule has 50 heavy (non-hydrogen) atoms. The Bertz CT molecular complexity index is 889. The van der Waals surface area contributed by atoms with Crippen molar-refractivity contribution < 1.29 is 43.2 Å². The third-order valence-corrected chi connectivity index (χ3v) is 10.4. The van der Waals surface area contributed by atoms with Crippen LogP contribution in [-0.2, 0) is 18.7 Å². The van der Waals surface area contributed by atoms with Crippen molar-refractivity contribution in [3.63, 3.8) is 0 Å². The average molecular weight is 735 g/mol. The first kappa shape index (κ1) is 49.3. The van der Waals surface area contributed by atoms with E-state index >= 15 is 0 Å². The van der Waals surface area contributed by atoms with Crippen LogP contribution in [0.2, 0.25) is 0 Å². The number of carbonyl (C=O) groups excluding carboxylic acids is 2. The topological polar surface area (TPSA) is 141 Å². The monoisotopic (exact) mass is 735 g/mol. The minimum atomic E-state index is -5.07. The molecule has 0 aromatic rings. The SMILES string of the molecule is CCCCCCCCCCCCCCCC(=O)CC(O)(C(=O)CCCCCCCCCCCCCCC)C(O)C(C[N+](C)(C)C)OP(=O)(O)O. The highest BCUT2D eigenvalue weighted by atomic mass is 31.2. The minimum Gasteiger partial charge on any atom is -0.387 e. The molecular weight excluding hydrogens is 653 g/mol. The van der Waals surface area contributed by atoms with Crippen LogP contribution in [0.1, 0.15) is 200 Å². The van der Waals surface area contributed by atoms with Crippen LogP contribution >= 0.6 is 7.82 Å². The molecule has 0 aliphatic heterocycles. The number of phosphoric ester groups is 1. The third kappa shape index (κ3) is 27.9. The number of hydrogen-bond donors (Lipinski definition) is 4. The molecular formula is C40H81NO8P+. The van der Waals surface area contributed by atoms with Gasteiger partial charge in [-0.25, -0.2) is 4.57 Å². The van der Waals surface area contributed by atoms with Gasteiger partial charge in [0.2, 0.25) is 0 Å². The van der Waals surface area contributed by atoms with Crippen molar-refractivity contribution in [1.29, 1.82) is 0 Å². The van der Waals surface area contributed by atoms with Gasteiger partial charge in [0.05, 0.1) is 21.1 Å². The van der Waals surface area contributed by atoms with Gasteiger partial charge in [-0.2, -0.15) is 0 Å². The molecule has 0 spiro atoms. The van der Waals surface area contributed by atoms with Crippen molar-refractivity contribution in [2.75, 3.05) is 27.7 Å². The zero-order chi connectivity index (χ0) is 37.7. The van der Waals surface area contributed by atoms with Crippen LogP contribution in [0.4, 0.5) is 0 Å². The second-order valence-corrected chi connectivity index (χ2v) is 17.3. The van der Waals surface area contributed by atoms with Gasteiger partial charge in [0.15, 0.2) is 11.4 Å². The minimum absolute atomic E-state index is 0.0235. The first-order valence-corrected chi connectivity index (χ1v) is 22.2. The summed E-state index contributed by atoms with van der Waals surface area (Å²) in [5.74, 6) is -1.01. The average Bonchev–Trinajstić information content (AvgIpc) is 3.03. The maximum absolute atomic E-state index is 13.6. The molecule has 0 saturated carbocycles. The molecule has 0 bridgehead atoms. The van der Waals surface area contributed by atoms with Crippen molar-refractivity contribution in [3.8, 4) is 0 Å². The quantitative estimate of drug-likeness (QED) is 0.0281. The van der Waals surface area contributed by atoms with Gasteiger partial charge in [-0.1, -0.05) is 168 Å². The van der Waals surface area contributed by atoms with Gasteiger partial charge in [0.1, 0.15) is 24.5 Å². The Morgan fingerprint density at radius 3 is 1.24 bits per heavy atom. The molecule has 0 rings (SSSR count). The molecule has 0 aromatic carbocycles. The fourth-order valence-corrected chi connectivity index (χ4v) is 7.37. The van der Waals surface area contributed by atoms with Gasteiger partial charge in [-0.05, 0) is 12.8 Å². The van der Waals surface area contributed by atoms with Crippen LogP contribution in [0.25, 0.3) is 0 Å². The summed E-state index contributed by atoms with van der Waals surface area (Å²) in [5, 5.41) is 23.1. The lowest BCUT2D eigenvalue weighted by Gasteiger charge is -2.38. The summed E-state index contributed by atoms with van der Waals surface area (Å²) in [7, 11) is 0.173. The molecule has 9 nitrogen and oxygen atoms in total. The van der Waals surface area contributed by atoms with Crippen LogP contribution < -0.4 is 0 Å². The summed E-state index contributed by atoms with van der Waals surface area (Å²) in [6, 6.07) is 0. The molecule has 10 heteroatoms. The number of rotatable bonds is 37. The highest BCUT2D eigenvalue weighted by Gasteiger charge is 2.50. The second kappa shape index (κ2) is 29.7. The number of nitrogens with zero attached hydrogens (tertiary/aromatic N) is 1. The Morgan fingerprint density at radius 2 is 0.920 bits per heavy atom. The Kier molecular flexibility index (Phi) is 29.3. The maximum atomic E-state index is 13.6. The van der Waals surface area contributed by atoms with Crippen molar-refractivity contribution in [2.45, 2.75) is 218 Å². The molecule has 0 aliphatic rings. The lowest BCUT2D eigenvalue weighted by Crippen LogP contribution is -2.59. The Morgan fingerprint density at radius 1 is 0.600 bits per heavy atom. The molecule has 0 fully saturated rings. The zero-order valence-electron chi connectivity index (χ0n) is 33.2. The van der Waals surface area contributed by atoms with E-state index in [0.29, 0.717) is 12.8 Å². The first-order chi connectivity index (χ1) is 23.7. The van der Waals surface area contributed by atoms with E-state index in [1.54, 1.807) is 21.1 Å². The number of hydrogen-bond acceptors (Lipinski definition) is 6. The fraction of sp³-hybridized carbons (Fsp3) is 0.950. The first-order valence-electron chi connectivity index (χ1n) is 20.7. The van der Waals surface area contributed by atoms with E-state index in [4.69, 9.17) is 4.52 Å². The van der Waals surface area contributed by atoms with Crippen molar-refractivity contribution >= 4 is 19.4 Å². The number of unbranched alkanes of at least 4 members (excludes halogenated alkanes) is 24. The Labute approximate surface area is 307 Å². The molecule has 0 heterocycles. The normalized spacial score (nSPS) is 14.8. The van der Waals surface area contributed by atoms with Crippen LogP contribution in [0.3, 0.4) is 0 Å². The van der Waals surface area contributed by atoms with E-state index in [1.807, 2.05) is 0 Å². The zero-order valence-corrected chi connectivity index (χ0v) is 34.1. The number of carbonyl (C=O) groups is 2. The Balaban J connectivity index is 4.93. The van der Waals surface area contributed by atoms with Crippen molar-refractivity contribution in [1.82, 2.24) is 0 Å². The molecule has 4 N–H and O–H groups in total. The van der Waals surface area contributed by atoms with Gasteiger partial charge in [0, 0.05) is 19.3 Å². The van der Waals surface area contributed by atoms with Gasteiger partial charge in [-0.3, -0.25) is 14.1 Å². The van der Waals surface area contributed by atoms with E-state index < -0.39 is 37.8 Å². The van der Waals surface area contributed by atoms with E-state index in [2.05, 4.69) is 13.8 Å². The molecule has 298 valence electrons. The highest BCUT2D eigenvalue weighted by molar-refractivity contribution is 7.46. The van der Waals surface area contributed by atoms with Crippen molar-refractivity contribution in [2.24, 2.45) is 0 Å². The summed E-state index contributed by atoms with van der Waals surface area (Å²) in [6.45, 7) is 4.38. The lowest BCUT2D eigenvalue weighted by molar-refractivity contribution is -0.873. The van der Waals surface area contributed by atoms with Crippen LogP contribution in [0.15, 0.2) is 0 Å². The summed E-state index contributed by atoms with van der Waals surface area (Å²) in [4.78, 5) is 45.8. The molecule has 0 radical (unpaired) electrons. The summed E-state index contributed by atoms with van der Waals surface area (Å²) in [5.41, 5.74) is -2.49. The maximum Gasteiger partial charge on any atom is 0.470 e. The summed E-state index contributed by atoms with van der Waals surface area (Å²) < 4.78 is 16.9. The van der Waals surface area contributed by atoms with Gasteiger partial charge < -0.3 is 24.5 Å². The predicted octanol–water partition coefficient (Wildman–Crippen LogP) is 9.75. The van der Waals surface area contributed by atoms with Crippen LogP contribution in [-0.4, -0.2) is 81.5 Å².